The third-order valence-electron chi connectivity index (χ3n) is 0.928. The van der Waals surface area contributed by atoms with Crippen molar-refractivity contribution in [1.82, 2.24) is 5.01 Å². The predicted octanol–water partition coefficient (Wildman–Crippen LogP) is 0.0357. The molecule has 1 rings (SSSR count). The summed E-state index contributed by atoms with van der Waals surface area (Å²) in [6.07, 6.45) is 1.16. The zero-order valence-electron chi connectivity index (χ0n) is 4.65. The van der Waals surface area contributed by atoms with Crippen molar-refractivity contribution >= 4 is 6.34 Å². The van der Waals surface area contributed by atoms with Gasteiger partial charge in [0.05, 0.1) is 5.70 Å². The van der Waals surface area contributed by atoms with Gasteiger partial charge in [-0.25, -0.2) is 15.1 Å². The van der Waals surface area contributed by atoms with Crippen LogP contribution in [-0.4, -0.2) is 22.9 Å². The summed E-state index contributed by atoms with van der Waals surface area (Å²) in [7, 11) is 0. The second-order valence-corrected chi connectivity index (χ2v) is 1.65. The highest BCUT2D eigenvalue weighted by atomic mass is 16.7. The summed E-state index contributed by atoms with van der Waals surface area (Å²) in [5.41, 5.74) is 0.520. The Labute approximate surface area is 51.4 Å². The minimum atomic E-state index is -0.526. The van der Waals surface area contributed by atoms with Crippen molar-refractivity contribution in [3.05, 3.63) is 22.4 Å². The van der Waals surface area contributed by atoms with Crippen molar-refractivity contribution in [2.45, 2.75) is 0 Å². The van der Waals surface area contributed by atoms with E-state index in [0.29, 0.717) is 5.70 Å². The van der Waals surface area contributed by atoms with Crippen LogP contribution >= 0.6 is 0 Å². The fourth-order valence-corrected chi connectivity index (χ4v) is 0.517. The maximum atomic E-state index is 9.95. The highest BCUT2D eigenvalue weighted by Gasteiger charge is 2.17. The van der Waals surface area contributed by atoms with Gasteiger partial charge < -0.3 is 0 Å². The van der Waals surface area contributed by atoms with Crippen molar-refractivity contribution in [3.63, 3.8) is 0 Å². The largest absolute Gasteiger partial charge is 0.236 e. The number of rotatable bonds is 1. The van der Waals surface area contributed by atoms with Gasteiger partial charge in [-0.2, -0.15) is 0 Å². The maximum absolute atomic E-state index is 9.95. The number of nitrogens with zero attached hydrogens (tertiary/aromatic N) is 3. The maximum Gasteiger partial charge on any atom is 0.166 e. The Morgan fingerprint density at radius 1 is 2.00 bits per heavy atom. The van der Waals surface area contributed by atoms with E-state index in [4.69, 9.17) is 0 Å². The summed E-state index contributed by atoms with van der Waals surface area (Å²) < 4.78 is 0. The summed E-state index contributed by atoms with van der Waals surface area (Å²) in [4.78, 5) is 13.5. The molecule has 0 N–H and O–H groups in total. The minimum Gasteiger partial charge on any atom is -0.236 e. The first-order valence-corrected chi connectivity index (χ1v) is 2.33. The monoisotopic (exact) mass is 127 g/mol. The zero-order chi connectivity index (χ0) is 6.85. The van der Waals surface area contributed by atoms with E-state index in [-0.39, 0.29) is 6.54 Å². The van der Waals surface area contributed by atoms with Crippen molar-refractivity contribution in [3.8, 4) is 0 Å². The van der Waals surface area contributed by atoms with Crippen molar-refractivity contribution in [1.29, 1.82) is 0 Å². The van der Waals surface area contributed by atoms with Crippen molar-refractivity contribution in [2.24, 2.45) is 4.99 Å². The summed E-state index contributed by atoms with van der Waals surface area (Å²) in [6.45, 7) is 3.64. The molecule has 0 spiro atoms. The van der Waals surface area contributed by atoms with Crippen LogP contribution in [0.1, 0.15) is 0 Å². The van der Waals surface area contributed by atoms with Crippen LogP contribution in [0.5, 0.6) is 0 Å². The lowest BCUT2D eigenvalue weighted by atomic mass is 10.5. The topological polar surface area (TPSA) is 58.7 Å². The fourth-order valence-electron chi connectivity index (χ4n) is 0.517. The molecule has 0 aliphatic carbocycles. The van der Waals surface area contributed by atoms with Gasteiger partial charge in [0, 0.05) is 0 Å². The molecule has 0 amide bonds. The average molecular weight is 127 g/mol. The number of hydrogen-bond acceptors (Lipinski definition) is 3. The van der Waals surface area contributed by atoms with E-state index < -0.39 is 5.03 Å². The average Bonchev–Trinajstić information content (AvgIpc) is 2.14. The predicted molar refractivity (Wildman–Crippen MR) is 31.3 cm³/mol. The van der Waals surface area contributed by atoms with Gasteiger partial charge in [0.15, 0.2) is 11.4 Å². The Balaban J connectivity index is 2.60. The Hall–Kier alpha value is -1.39. The van der Waals surface area contributed by atoms with Gasteiger partial charge in [0.25, 0.3) is 0 Å². The molecule has 0 aromatic carbocycles. The quantitative estimate of drug-likeness (QED) is 0.369. The number of hydrazine groups is 1. The second-order valence-electron chi connectivity index (χ2n) is 1.65. The van der Waals surface area contributed by atoms with Crippen LogP contribution in [-0.2, 0) is 0 Å². The fraction of sp³-hybridized carbons (Fsp3) is 0.250. The zero-order valence-corrected chi connectivity index (χ0v) is 4.65. The van der Waals surface area contributed by atoms with Gasteiger partial charge in [-0.15, -0.1) is 0 Å². The van der Waals surface area contributed by atoms with Crippen LogP contribution in [0, 0.1) is 10.1 Å². The minimum absolute atomic E-state index is 0.201. The van der Waals surface area contributed by atoms with E-state index in [2.05, 4.69) is 11.6 Å². The van der Waals surface area contributed by atoms with E-state index in [0.717, 1.165) is 11.3 Å². The molecule has 0 aromatic rings. The molecule has 0 radical (unpaired) electrons. The van der Waals surface area contributed by atoms with Crippen molar-refractivity contribution in [2.75, 3.05) is 6.54 Å². The highest BCUT2D eigenvalue weighted by Crippen LogP contribution is 2.02. The Bertz CT molecular complexity index is 186. The SMILES string of the molecule is C=C1CN([N+](=O)[O-])C=N1. The molecule has 0 saturated heterocycles. The van der Waals surface area contributed by atoms with Gasteiger partial charge in [-0.05, 0) is 0 Å². The van der Waals surface area contributed by atoms with Crippen LogP contribution < -0.4 is 0 Å². The van der Waals surface area contributed by atoms with E-state index in [1.807, 2.05) is 0 Å². The highest BCUT2D eigenvalue weighted by molar-refractivity contribution is 5.58. The standard InChI is InChI=1S/C4H5N3O2/c1-4-2-6(3-5-4)7(8)9/h3H,1-2H2. The molecule has 1 aliphatic rings. The lowest BCUT2D eigenvalue weighted by Gasteiger charge is -1.98. The van der Waals surface area contributed by atoms with E-state index in [9.17, 15) is 10.1 Å². The molecule has 0 saturated carbocycles. The summed E-state index contributed by atoms with van der Waals surface area (Å²) >= 11 is 0. The number of nitro groups is 1. The normalized spacial score (nSPS) is 16.9. The van der Waals surface area contributed by atoms with Gasteiger partial charge in [-0.3, -0.25) is 0 Å². The van der Waals surface area contributed by atoms with Crippen LogP contribution in [0.3, 0.4) is 0 Å². The number of aliphatic imine (C=N–C) groups is 1. The van der Waals surface area contributed by atoms with E-state index in [1.54, 1.807) is 0 Å². The summed E-state index contributed by atoms with van der Waals surface area (Å²) in [5.74, 6) is 0. The van der Waals surface area contributed by atoms with Gasteiger partial charge in [0.1, 0.15) is 6.54 Å². The summed E-state index contributed by atoms with van der Waals surface area (Å²) in [6, 6.07) is 0. The molecular formula is C4H5N3O2. The smallest absolute Gasteiger partial charge is 0.166 e. The molecule has 48 valence electrons. The first-order chi connectivity index (χ1) is 4.20. The molecule has 9 heavy (non-hydrogen) atoms. The van der Waals surface area contributed by atoms with Crippen LogP contribution in [0.2, 0.25) is 0 Å². The number of hydrogen-bond donors (Lipinski definition) is 0. The molecule has 0 unspecified atom stereocenters. The Kier molecular flexibility index (Phi) is 1.18. The lowest BCUT2D eigenvalue weighted by molar-refractivity contribution is -0.624. The van der Waals surface area contributed by atoms with E-state index >= 15 is 0 Å². The second kappa shape index (κ2) is 1.85. The lowest BCUT2D eigenvalue weighted by Crippen LogP contribution is -2.25. The van der Waals surface area contributed by atoms with Gasteiger partial charge >= 0.3 is 0 Å². The van der Waals surface area contributed by atoms with Gasteiger partial charge in [-0.1, -0.05) is 11.6 Å². The molecule has 0 fully saturated rings. The molecule has 0 atom stereocenters. The van der Waals surface area contributed by atoms with Crippen LogP contribution in [0.4, 0.5) is 0 Å². The van der Waals surface area contributed by atoms with Crippen LogP contribution in [0.25, 0.3) is 0 Å². The molecule has 0 aromatic heterocycles. The molecule has 1 heterocycles. The Morgan fingerprint density at radius 3 is 2.89 bits per heavy atom. The Morgan fingerprint density at radius 2 is 2.67 bits per heavy atom. The molecular weight excluding hydrogens is 122 g/mol. The third kappa shape index (κ3) is 1.04. The summed E-state index contributed by atoms with van der Waals surface area (Å²) in [5, 5.41) is 10.3. The molecule has 5 nitrogen and oxygen atoms in total. The molecule has 0 bridgehead atoms. The van der Waals surface area contributed by atoms with E-state index in [1.165, 1.54) is 0 Å². The third-order valence-corrected chi connectivity index (χ3v) is 0.928. The van der Waals surface area contributed by atoms with Gasteiger partial charge in [0.2, 0.25) is 0 Å². The van der Waals surface area contributed by atoms with Crippen LogP contribution in [0.15, 0.2) is 17.3 Å². The molecule has 5 heteroatoms. The molecule has 1 aliphatic heterocycles. The first kappa shape index (κ1) is 5.74. The van der Waals surface area contributed by atoms with Crippen molar-refractivity contribution < 1.29 is 5.03 Å². The first-order valence-electron chi connectivity index (χ1n) is 2.33.